The molecule has 1 nitrogen and oxygen atoms in total. The zero-order valence-corrected chi connectivity index (χ0v) is 7.31. The maximum Gasteiger partial charge on any atom is 0.00957 e. The number of rotatable bonds is 1. The Morgan fingerprint density at radius 3 is 2.27 bits per heavy atom. The van der Waals surface area contributed by atoms with Gasteiger partial charge in [0.25, 0.3) is 0 Å². The molecule has 1 unspecified atom stereocenters. The molecule has 1 saturated carbocycles. The molecular weight excluding hydrogens is 134 g/mol. The Kier molecular flexibility index (Phi) is 2.47. The highest BCUT2D eigenvalue weighted by molar-refractivity contribution is 4.83. The molecule has 0 aromatic carbocycles. The average molecular weight is 153 g/mol. The molecule has 1 aliphatic carbocycles. The Labute approximate surface area is 69.6 Å². The van der Waals surface area contributed by atoms with E-state index in [0.29, 0.717) is 0 Å². The first-order valence-electron chi connectivity index (χ1n) is 5.20. The fourth-order valence-corrected chi connectivity index (χ4v) is 2.65. The van der Waals surface area contributed by atoms with Gasteiger partial charge in [0.15, 0.2) is 0 Å². The molecule has 0 radical (unpaired) electrons. The van der Waals surface area contributed by atoms with Crippen LogP contribution >= 0.6 is 0 Å². The van der Waals surface area contributed by atoms with Crippen molar-refractivity contribution in [1.82, 2.24) is 5.32 Å². The molecule has 2 fully saturated rings. The highest BCUT2D eigenvalue weighted by Crippen LogP contribution is 2.29. The molecule has 2 rings (SSSR count). The molecule has 0 aromatic heterocycles. The largest absolute Gasteiger partial charge is 0.314 e. The van der Waals surface area contributed by atoms with Crippen molar-refractivity contribution in [2.75, 3.05) is 6.54 Å². The van der Waals surface area contributed by atoms with Gasteiger partial charge >= 0.3 is 0 Å². The Morgan fingerprint density at radius 2 is 1.64 bits per heavy atom. The first-order valence-corrected chi connectivity index (χ1v) is 5.20. The minimum Gasteiger partial charge on any atom is -0.314 e. The van der Waals surface area contributed by atoms with Gasteiger partial charge in [0, 0.05) is 6.04 Å². The minimum absolute atomic E-state index is 0.898. The third kappa shape index (κ3) is 1.76. The van der Waals surface area contributed by atoms with Crippen LogP contribution < -0.4 is 5.32 Å². The van der Waals surface area contributed by atoms with E-state index in [-0.39, 0.29) is 0 Å². The first kappa shape index (κ1) is 7.60. The van der Waals surface area contributed by atoms with Gasteiger partial charge in [-0.25, -0.2) is 0 Å². The highest BCUT2D eigenvalue weighted by atomic mass is 14.9. The van der Waals surface area contributed by atoms with Gasteiger partial charge in [0.1, 0.15) is 0 Å². The van der Waals surface area contributed by atoms with E-state index in [0.717, 1.165) is 12.0 Å². The van der Waals surface area contributed by atoms with Crippen LogP contribution in [0.25, 0.3) is 0 Å². The molecule has 11 heavy (non-hydrogen) atoms. The summed E-state index contributed by atoms with van der Waals surface area (Å²) in [6.45, 7) is 1.28. The van der Waals surface area contributed by atoms with Crippen molar-refractivity contribution in [2.24, 2.45) is 5.92 Å². The van der Waals surface area contributed by atoms with Crippen LogP contribution in [0, 0.1) is 5.92 Å². The van der Waals surface area contributed by atoms with Crippen LogP contribution in [0.4, 0.5) is 0 Å². The minimum atomic E-state index is 0.898. The van der Waals surface area contributed by atoms with Gasteiger partial charge in [-0.15, -0.1) is 0 Å². The zero-order chi connectivity index (χ0) is 7.52. The van der Waals surface area contributed by atoms with Crippen molar-refractivity contribution in [2.45, 2.75) is 51.0 Å². The molecule has 1 N–H and O–H groups in total. The van der Waals surface area contributed by atoms with Gasteiger partial charge < -0.3 is 5.32 Å². The molecule has 0 spiro atoms. The molecular formula is C10H19N. The molecule has 1 saturated heterocycles. The van der Waals surface area contributed by atoms with Crippen molar-refractivity contribution in [3.8, 4) is 0 Å². The van der Waals surface area contributed by atoms with Crippen LogP contribution in [-0.4, -0.2) is 12.6 Å². The first-order chi connectivity index (χ1) is 5.47. The van der Waals surface area contributed by atoms with Crippen LogP contribution in [0.15, 0.2) is 0 Å². The van der Waals surface area contributed by atoms with E-state index in [9.17, 15) is 0 Å². The second-order valence-corrected chi connectivity index (χ2v) is 4.10. The standard InChI is InChI=1S/C10H19N/c1-2-5-9(6-3-1)10-7-4-8-11-10/h9-11H,1-8H2. The van der Waals surface area contributed by atoms with E-state index in [2.05, 4.69) is 5.32 Å². The van der Waals surface area contributed by atoms with Crippen LogP contribution in [-0.2, 0) is 0 Å². The van der Waals surface area contributed by atoms with Crippen LogP contribution in [0.3, 0.4) is 0 Å². The van der Waals surface area contributed by atoms with Crippen molar-refractivity contribution in [3.63, 3.8) is 0 Å². The number of nitrogens with one attached hydrogen (secondary N) is 1. The van der Waals surface area contributed by atoms with E-state index in [4.69, 9.17) is 0 Å². The molecule has 2 aliphatic rings. The van der Waals surface area contributed by atoms with Crippen molar-refractivity contribution in [3.05, 3.63) is 0 Å². The van der Waals surface area contributed by atoms with E-state index in [1.165, 1.54) is 51.5 Å². The normalized spacial score (nSPS) is 34.4. The van der Waals surface area contributed by atoms with E-state index < -0.39 is 0 Å². The lowest BCUT2D eigenvalue weighted by atomic mass is 9.83. The quantitative estimate of drug-likeness (QED) is 0.609. The highest BCUT2D eigenvalue weighted by Gasteiger charge is 2.25. The predicted octanol–water partition coefficient (Wildman–Crippen LogP) is 2.32. The van der Waals surface area contributed by atoms with Gasteiger partial charge in [0.05, 0.1) is 0 Å². The fourth-order valence-electron chi connectivity index (χ4n) is 2.65. The number of hydrogen-bond acceptors (Lipinski definition) is 1. The summed E-state index contributed by atoms with van der Waals surface area (Å²) < 4.78 is 0. The van der Waals surface area contributed by atoms with E-state index in [1.54, 1.807) is 0 Å². The third-order valence-electron chi connectivity index (χ3n) is 3.32. The van der Waals surface area contributed by atoms with Gasteiger partial charge in [-0.05, 0) is 38.1 Å². The topological polar surface area (TPSA) is 12.0 Å². The van der Waals surface area contributed by atoms with Crippen molar-refractivity contribution < 1.29 is 0 Å². The molecule has 1 heteroatoms. The number of hydrogen-bond donors (Lipinski definition) is 1. The Bertz CT molecular complexity index is 110. The smallest absolute Gasteiger partial charge is 0.00957 e. The van der Waals surface area contributed by atoms with Crippen LogP contribution in [0.2, 0.25) is 0 Å². The maximum absolute atomic E-state index is 3.63. The second kappa shape index (κ2) is 3.57. The fraction of sp³-hybridized carbons (Fsp3) is 1.00. The maximum atomic E-state index is 3.63. The molecule has 0 aromatic rings. The second-order valence-electron chi connectivity index (χ2n) is 4.10. The Balaban J connectivity index is 1.82. The SMILES string of the molecule is C1CCC(C2CCCN2)CC1. The van der Waals surface area contributed by atoms with E-state index in [1.807, 2.05) is 0 Å². The predicted molar refractivity (Wildman–Crippen MR) is 47.6 cm³/mol. The molecule has 64 valence electrons. The summed E-state index contributed by atoms with van der Waals surface area (Å²) in [5.41, 5.74) is 0. The van der Waals surface area contributed by atoms with Crippen LogP contribution in [0.5, 0.6) is 0 Å². The molecule has 1 atom stereocenters. The van der Waals surface area contributed by atoms with Gasteiger partial charge in [-0.1, -0.05) is 19.3 Å². The lowest BCUT2D eigenvalue weighted by molar-refractivity contribution is 0.287. The Morgan fingerprint density at radius 1 is 0.818 bits per heavy atom. The third-order valence-corrected chi connectivity index (χ3v) is 3.32. The lowest BCUT2D eigenvalue weighted by Gasteiger charge is -2.27. The molecule has 1 heterocycles. The van der Waals surface area contributed by atoms with Crippen LogP contribution in [0.1, 0.15) is 44.9 Å². The molecule has 1 aliphatic heterocycles. The summed E-state index contributed by atoms with van der Waals surface area (Å²) in [4.78, 5) is 0. The summed E-state index contributed by atoms with van der Waals surface area (Å²) in [7, 11) is 0. The summed E-state index contributed by atoms with van der Waals surface area (Å²) >= 11 is 0. The summed E-state index contributed by atoms with van der Waals surface area (Å²) in [6.07, 6.45) is 10.3. The van der Waals surface area contributed by atoms with Crippen molar-refractivity contribution >= 4 is 0 Å². The summed E-state index contributed by atoms with van der Waals surface area (Å²) in [5.74, 6) is 1.03. The lowest BCUT2D eigenvalue weighted by Crippen LogP contribution is -2.31. The van der Waals surface area contributed by atoms with Crippen molar-refractivity contribution in [1.29, 1.82) is 0 Å². The summed E-state index contributed by atoms with van der Waals surface area (Å²) in [5, 5.41) is 3.63. The molecule has 0 bridgehead atoms. The zero-order valence-electron chi connectivity index (χ0n) is 7.31. The summed E-state index contributed by atoms with van der Waals surface area (Å²) in [6, 6.07) is 0.898. The van der Waals surface area contributed by atoms with Gasteiger partial charge in [0.2, 0.25) is 0 Å². The average Bonchev–Trinajstić information content (AvgIpc) is 2.58. The van der Waals surface area contributed by atoms with E-state index >= 15 is 0 Å². The Hall–Kier alpha value is -0.0400. The monoisotopic (exact) mass is 153 g/mol. The van der Waals surface area contributed by atoms with Gasteiger partial charge in [-0.2, -0.15) is 0 Å². The van der Waals surface area contributed by atoms with Gasteiger partial charge in [-0.3, -0.25) is 0 Å². The molecule has 0 amide bonds.